The first-order chi connectivity index (χ1) is 8.06. The number of hydrogen-bond acceptors (Lipinski definition) is 5. The van der Waals surface area contributed by atoms with Gasteiger partial charge in [-0.25, -0.2) is 8.78 Å². The lowest BCUT2D eigenvalue weighted by Gasteiger charge is -2.04. The van der Waals surface area contributed by atoms with Crippen LogP contribution < -0.4 is 0 Å². The molecule has 4 nitrogen and oxygen atoms in total. The lowest BCUT2D eigenvalue weighted by molar-refractivity contribution is -0.00754. The third-order valence-electron chi connectivity index (χ3n) is 1.93. The van der Waals surface area contributed by atoms with Gasteiger partial charge in [0.2, 0.25) is 11.7 Å². The summed E-state index contributed by atoms with van der Waals surface area (Å²) in [5, 5.41) is 14.5. The first-order valence-corrected chi connectivity index (χ1v) is 6.26. The highest BCUT2D eigenvalue weighted by molar-refractivity contribution is 9.10. The number of alkyl halides is 2. The van der Waals surface area contributed by atoms with Crippen LogP contribution in [-0.2, 0) is 6.42 Å². The van der Waals surface area contributed by atoms with Gasteiger partial charge in [-0.15, -0.1) is 11.3 Å². The molecule has 1 unspecified atom stereocenters. The van der Waals surface area contributed by atoms with Crippen molar-refractivity contribution in [1.82, 2.24) is 10.1 Å². The monoisotopic (exact) mass is 324 g/mol. The van der Waals surface area contributed by atoms with E-state index in [1.807, 2.05) is 5.38 Å². The summed E-state index contributed by atoms with van der Waals surface area (Å²) < 4.78 is 29.9. The number of halogens is 3. The Balaban J connectivity index is 2.11. The van der Waals surface area contributed by atoms with E-state index in [2.05, 4.69) is 26.1 Å². The minimum Gasteiger partial charge on any atom is -0.387 e. The van der Waals surface area contributed by atoms with Gasteiger partial charge >= 0.3 is 0 Å². The molecule has 1 atom stereocenters. The Morgan fingerprint density at radius 2 is 2.29 bits per heavy atom. The third-order valence-corrected chi connectivity index (χ3v) is 3.62. The molecule has 17 heavy (non-hydrogen) atoms. The molecule has 92 valence electrons. The van der Waals surface area contributed by atoms with Crippen LogP contribution in [0.2, 0.25) is 0 Å². The van der Waals surface area contributed by atoms with Gasteiger partial charge < -0.3 is 9.63 Å². The van der Waals surface area contributed by atoms with Crippen LogP contribution in [0.5, 0.6) is 0 Å². The summed E-state index contributed by atoms with van der Waals surface area (Å²) in [4.78, 5) is 4.70. The van der Waals surface area contributed by atoms with Crippen molar-refractivity contribution < 1.29 is 18.4 Å². The highest BCUT2D eigenvalue weighted by atomic mass is 79.9. The van der Waals surface area contributed by atoms with Crippen molar-refractivity contribution in [3.8, 4) is 10.7 Å². The number of thiophene rings is 1. The average Bonchev–Trinajstić information content (AvgIpc) is 2.86. The van der Waals surface area contributed by atoms with Gasteiger partial charge in [-0.1, -0.05) is 5.16 Å². The largest absolute Gasteiger partial charge is 0.387 e. The maximum atomic E-state index is 12.1. The predicted octanol–water partition coefficient (Wildman–Crippen LogP) is 2.73. The van der Waals surface area contributed by atoms with E-state index in [-0.39, 0.29) is 12.3 Å². The van der Waals surface area contributed by atoms with Crippen LogP contribution in [0, 0.1) is 0 Å². The molecule has 0 bridgehead atoms. The third kappa shape index (κ3) is 3.08. The van der Waals surface area contributed by atoms with Crippen LogP contribution in [0.25, 0.3) is 10.7 Å². The van der Waals surface area contributed by atoms with Crippen molar-refractivity contribution in [1.29, 1.82) is 0 Å². The van der Waals surface area contributed by atoms with E-state index >= 15 is 0 Å². The van der Waals surface area contributed by atoms with E-state index in [1.165, 1.54) is 11.3 Å². The van der Waals surface area contributed by atoms with Gasteiger partial charge in [0.15, 0.2) is 0 Å². The Hall–Kier alpha value is -0.860. The molecule has 2 aromatic heterocycles. The molecule has 2 aromatic rings. The fourth-order valence-electron chi connectivity index (χ4n) is 1.14. The van der Waals surface area contributed by atoms with Crippen LogP contribution >= 0.6 is 27.3 Å². The van der Waals surface area contributed by atoms with E-state index in [0.717, 1.165) is 9.35 Å². The molecule has 0 aliphatic heterocycles. The zero-order chi connectivity index (χ0) is 12.4. The molecule has 0 saturated heterocycles. The van der Waals surface area contributed by atoms with Crippen molar-refractivity contribution in [3.63, 3.8) is 0 Å². The fourth-order valence-corrected chi connectivity index (χ4v) is 2.49. The molecule has 0 saturated carbocycles. The lowest BCUT2D eigenvalue weighted by Crippen LogP contribution is -2.20. The van der Waals surface area contributed by atoms with Gasteiger partial charge in [0.05, 0.1) is 11.3 Å². The Morgan fingerprint density at radius 1 is 1.53 bits per heavy atom. The highest BCUT2D eigenvalue weighted by Crippen LogP contribution is 2.27. The average molecular weight is 325 g/mol. The molecule has 8 heteroatoms. The second kappa shape index (κ2) is 5.19. The molecule has 0 aromatic carbocycles. The smallest absolute Gasteiger partial charge is 0.264 e. The topological polar surface area (TPSA) is 59.2 Å². The van der Waals surface area contributed by atoms with E-state index in [4.69, 9.17) is 9.63 Å². The Bertz CT molecular complexity index is 503. The van der Waals surface area contributed by atoms with Gasteiger partial charge in [0.1, 0.15) is 6.10 Å². The molecule has 1 N–H and O–H groups in total. The fraction of sp³-hybridized carbons (Fsp3) is 0.333. The zero-order valence-electron chi connectivity index (χ0n) is 8.31. The molecular weight excluding hydrogens is 318 g/mol. The molecule has 0 radical (unpaired) electrons. The van der Waals surface area contributed by atoms with Crippen molar-refractivity contribution in [3.05, 3.63) is 21.8 Å². The Kier molecular flexibility index (Phi) is 3.85. The van der Waals surface area contributed by atoms with E-state index in [0.29, 0.717) is 5.82 Å². The van der Waals surface area contributed by atoms with Crippen LogP contribution in [0.4, 0.5) is 8.78 Å². The SMILES string of the molecule is OC(Cc1nc(-c2cc(Br)cs2)no1)C(F)F. The van der Waals surface area contributed by atoms with Gasteiger partial charge in [-0.3, -0.25) is 0 Å². The van der Waals surface area contributed by atoms with Gasteiger partial charge in [0.25, 0.3) is 6.43 Å². The first-order valence-electron chi connectivity index (χ1n) is 4.59. The van der Waals surface area contributed by atoms with Crippen molar-refractivity contribution >= 4 is 27.3 Å². The predicted molar refractivity (Wildman–Crippen MR) is 61.0 cm³/mol. The quantitative estimate of drug-likeness (QED) is 0.939. The summed E-state index contributed by atoms with van der Waals surface area (Å²) in [6.07, 6.45) is -4.95. The Labute approximate surface area is 107 Å². The summed E-state index contributed by atoms with van der Waals surface area (Å²) in [6, 6.07) is 1.79. The van der Waals surface area contributed by atoms with E-state index in [1.54, 1.807) is 6.07 Å². The first kappa shape index (κ1) is 12.6. The maximum Gasteiger partial charge on any atom is 0.264 e. The highest BCUT2D eigenvalue weighted by Gasteiger charge is 2.21. The second-order valence-electron chi connectivity index (χ2n) is 3.25. The van der Waals surface area contributed by atoms with Gasteiger partial charge in [-0.05, 0) is 22.0 Å². The van der Waals surface area contributed by atoms with Gasteiger partial charge in [-0.2, -0.15) is 4.98 Å². The number of nitrogens with zero attached hydrogens (tertiary/aromatic N) is 2. The number of aliphatic hydroxyl groups excluding tert-OH is 1. The van der Waals surface area contributed by atoms with Crippen LogP contribution in [-0.4, -0.2) is 27.8 Å². The van der Waals surface area contributed by atoms with Crippen LogP contribution in [0.3, 0.4) is 0 Å². The molecule has 0 spiro atoms. The van der Waals surface area contributed by atoms with Crippen molar-refractivity contribution in [2.75, 3.05) is 0 Å². The molecule has 2 heterocycles. The minimum atomic E-state index is -2.82. The summed E-state index contributed by atoms with van der Waals surface area (Å²) >= 11 is 4.68. The number of aromatic nitrogens is 2. The summed E-state index contributed by atoms with van der Waals surface area (Å²) in [5.74, 6) is 0.328. The van der Waals surface area contributed by atoms with Crippen molar-refractivity contribution in [2.24, 2.45) is 0 Å². The molecule has 0 fully saturated rings. The summed E-state index contributed by atoms with van der Waals surface area (Å²) in [5.41, 5.74) is 0. The van der Waals surface area contributed by atoms with Gasteiger partial charge in [0, 0.05) is 9.85 Å². The minimum absolute atomic E-state index is 0.00248. The van der Waals surface area contributed by atoms with Crippen LogP contribution in [0.1, 0.15) is 5.89 Å². The summed E-state index contributed by atoms with van der Waals surface area (Å²) in [6.45, 7) is 0. The molecular formula is C9H7BrF2N2O2S. The number of hydrogen-bond donors (Lipinski definition) is 1. The molecule has 0 aliphatic rings. The van der Waals surface area contributed by atoms with E-state index < -0.39 is 12.5 Å². The molecule has 0 amide bonds. The zero-order valence-corrected chi connectivity index (χ0v) is 10.7. The lowest BCUT2D eigenvalue weighted by atomic mass is 10.2. The molecule has 0 aliphatic carbocycles. The number of aliphatic hydroxyl groups is 1. The van der Waals surface area contributed by atoms with Crippen molar-refractivity contribution in [2.45, 2.75) is 19.0 Å². The Morgan fingerprint density at radius 3 is 2.88 bits per heavy atom. The van der Waals surface area contributed by atoms with E-state index in [9.17, 15) is 8.78 Å². The normalized spacial score (nSPS) is 13.2. The second-order valence-corrected chi connectivity index (χ2v) is 5.07. The molecule has 2 rings (SSSR count). The summed E-state index contributed by atoms with van der Waals surface area (Å²) in [7, 11) is 0. The number of rotatable bonds is 4. The maximum absolute atomic E-state index is 12.1. The standard InChI is InChI=1S/C9H7BrF2N2O2S/c10-4-1-6(17-3-4)9-13-7(16-14-9)2-5(15)8(11)12/h1,3,5,8,15H,2H2. The van der Waals surface area contributed by atoms with Crippen LogP contribution in [0.15, 0.2) is 20.4 Å².